The summed E-state index contributed by atoms with van der Waals surface area (Å²) in [5, 5.41) is 0. The van der Waals surface area contributed by atoms with Crippen LogP contribution in [0.15, 0.2) is 46.9 Å². The smallest absolute Gasteiger partial charge is 0.305 e. The molecule has 2 aliphatic rings. The van der Waals surface area contributed by atoms with Crippen LogP contribution in [0.25, 0.3) is 11.5 Å². The lowest BCUT2D eigenvalue weighted by molar-refractivity contribution is -0.140. The quantitative estimate of drug-likeness (QED) is 0.291. The number of esters is 1. The van der Waals surface area contributed by atoms with Crippen molar-refractivity contribution >= 4 is 11.9 Å². The molecule has 2 aromatic carbocycles. The van der Waals surface area contributed by atoms with Crippen molar-refractivity contribution in [2.75, 3.05) is 13.7 Å². The van der Waals surface area contributed by atoms with E-state index in [0.717, 1.165) is 52.3 Å². The molecule has 1 fully saturated rings. The van der Waals surface area contributed by atoms with Gasteiger partial charge in [0.05, 0.1) is 19.4 Å². The maximum absolute atomic E-state index is 13.3. The Hall–Kier alpha value is -3.61. The first kappa shape index (κ1) is 27.0. The summed E-state index contributed by atoms with van der Waals surface area (Å²) in [5.74, 6) is 2.69. The normalized spacial score (nSPS) is 15.3. The van der Waals surface area contributed by atoms with Crippen molar-refractivity contribution < 1.29 is 23.5 Å². The fraction of sp³-hybridized carbons (Fsp3) is 0.469. The number of hydrogen-bond acceptors (Lipinski definition) is 6. The average Bonchev–Trinajstić information content (AvgIpc) is 3.58. The minimum absolute atomic E-state index is 0.217. The molecule has 1 amide bonds. The van der Waals surface area contributed by atoms with Gasteiger partial charge in [0.25, 0.3) is 0 Å². The van der Waals surface area contributed by atoms with Gasteiger partial charge in [0.15, 0.2) is 0 Å². The Morgan fingerprint density at radius 2 is 1.77 bits per heavy atom. The summed E-state index contributed by atoms with van der Waals surface area (Å²) < 4.78 is 17.0. The van der Waals surface area contributed by atoms with Crippen LogP contribution in [-0.4, -0.2) is 35.5 Å². The molecule has 0 spiro atoms. The standard InChI is InChI=1S/C32H38N2O5/c1-22-28(33-32(39-22)25-11-7-4-8-12-25)17-18-38-29-15-13-24(14-16-31(36)37-2)26-20-34(21-27(26)29)30(35)19-23-9-5-3-6-10-23/h4,7-8,11-13,15,23H,3,5-6,9-10,14,16-21H2,1-2H3. The molecule has 0 radical (unpaired) electrons. The molecule has 0 saturated heterocycles. The number of carbonyl (C=O) groups excluding carboxylic acids is 2. The minimum atomic E-state index is -0.231. The molecule has 1 saturated carbocycles. The van der Waals surface area contributed by atoms with Crippen LogP contribution in [-0.2, 0) is 40.3 Å². The zero-order chi connectivity index (χ0) is 27.2. The Labute approximate surface area is 230 Å². The molecule has 7 heteroatoms. The first-order valence-electron chi connectivity index (χ1n) is 14.1. The summed E-state index contributed by atoms with van der Waals surface area (Å²) in [6.45, 7) is 3.49. The van der Waals surface area contributed by atoms with Gasteiger partial charge in [-0.2, -0.15) is 0 Å². The number of nitrogens with zero attached hydrogens (tertiary/aromatic N) is 2. The lowest BCUT2D eigenvalue weighted by Crippen LogP contribution is -2.28. The lowest BCUT2D eigenvalue weighted by atomic mass is 9.87. The second-order valence-electron chi connectivity index (χ2n) is 10.7. The molecule has 1 aliphatic carbocycles. The van der Waals surface area contributed by atoms with E-state index in [4.69, 9.17) is 18.9 Å². The zero-order valence-electron chi connectivity index (χ0n) is 23.0. The van der Waals surface area contributed by atoms with Gasteiger partial charge in [0.2, 0.25) is 11.8 Å². The second kappa shape index (κ2) is 12.5. The highest BCUT2D eigenvalue weighted by Gasteiger charge is 2.30. The van der Waals surface area contributed by atoms with Gasteiger partial charge in [-0.15, -0.1) is 0 Å². The largest absolute Gasteiger partial charge is 0.493 e. The van der Waals surface area contributed by atoms with Gasteiger partial charge in [-0.25, -0.2) is 4.98 Å². The van der Waals surface area contributed by atoms with E-state index in [1.165, 1.54) is 26.4 Å². The number of carbonyl (C=O) groups is 2. The fourth-order valence-corrected chi connectivity index (χ4v) is 5.80. The number of aryl methyl sites for hydroxylation is 2. The summed E-state index contributed by atoms with van der Waals surface area (Å²) in [4.78, 5) is 31.7. The van der Waals surface area contributed by atoms with Crippen LogP contribution in [0.2, 0.25) is 0 Å². The summed E-state index contributed by atoms with van der Waals surface area (Å²) in [5.41, 5.74) is 5.07. The molecule has 3 aromatic rings. The number of aromatic nitrogens is 1. The topological polar surface area (TPSA) is 81.9 Å². The highest BCUT2D eigenvalue weighted by molar-refractivity contribution is 5.78. The van der Waals surface area contributed by atoms with Crippen LogP contribution in [0.5, 0.6) is 5.75 Å². The van der Waals surface area contributed by atoms with Crippen LogP contribution in [0, 0.1) is 12.8 Å². The highest BCUT2D eigenvalue weighted by Crippen LogP contribution is 2.36. The van der Waals surface area contributed by atoms with Crippen LogP contribution in [0.3, 0.4) is 0 Å². The number of oxazole rings is 1. The number of fused-ring (bicyclic) bond motifs is 1. The number of benzene rings is 2. The number of rotatable bonds is 10. The second-order valence-corrected chi connectivity index (χ2v) is 10.7. The van der Waals surface area contributed by atoms with Crippen molar-refractivity contribution in [3.8, 4) is 17.2 Å². The predicted molar refractivity (Wildman–Crippen MR) is 148 cm³/mol. The summed E-state index contributed by atoms with van der Waals surface area (Å²) in [6.07, 6.45) is 8.18. The Kier molecular flexibility index (Phi) is 8.64. The SMILES string of the molecule is COC(=O)CCc1ccc(OCCc2nc(-c3ccccc3)oc2C)c2c1CN(C(=O)CC1CCCCC1)C2. The van der Waals surface area contributed by atoms with E-state index < -0.39 is 0 Å². The third-order valence-corrected chi connectivity index (χ3v) is 8.06. The maximum Gasteiger partial charge on any atom is 0.305 e. The third-order valence-electron chi connectivity index (χ3n) is 8.06. The number of methoxy groups -OCH3 is 1. The zero-order valence-corrected chi connectivity index (χ0v) is 23.0. The summed E-state index contributed by atoms with van der Waals surface area (Å²) in [6, 6.07) is 13.9. The van der Waals surface area contributed by atoms with Crippen LogP contribution in [0.4, 0.5) is 0 Å². The van der Waals surface area contributed by atoms with Crippen molar-refractivity contribution in [3.05, 3.63) is 70.6 Å². The Bertz CT molecular complexity index is 1290. The summed E-state index contributed by atoms with van der Waals surface area (Å²) >= 11 is 0. The Morgan fingerprint density at radius 1 is 1.00 bits per heavy atom. The van der Waals surface area contributed by atoms with Gasteiger partial charge in [0.1, 0.15) is 11.5 Å². The molecule has 0 N–H and O–H groups in total. The minimum Gasteiger partial charge on any atom is -0.493 e. The molecule has 0 bridgehead atoms. The lowest BCUT2D eigenvalue weighted by Gasteiger charge is -2.24. The van der Waals surface area contributed by atoms with E-state index in [9.17, 15) is 9.59 Å². The van der Waals surface area contributed by atoms with E-state index >= 15 is 0 Å². The molecule has 1 aliphatic heterocycles. The van der Waals surface area contributed by atoms with Gasteiger partial charge in [-0.1, -0.05) is 43.5 Å². The number of amides is 1. The maximum atomic E-state index is 13.3. The number of ether oxygens (including phenoxy) is 2. The number of hydrogen-bond donors (Lipinski definition) is 0. The molecule has 2 heterocycles. The monoisotopic (exact) mass is 530 g/mol. The van der Waals surface area contributed by atoms with Crippen molar-refractivity contribution in [3.63, 3.8) is 0 Å². The van der Waals surface area contributed by atoms with E-state index in [1.807, 2.05) is 54.3 Å². The van der Waals surface area contributed by atoms with Crippen molar-refractivity contribution in [1.82, 2.24) is 9.88 Å². The summed E-state index contributed by atoms with van der Waals surface area (Å²) in [7, 11) is 1.41. The molecule has 0 unspecified atom stereocenters. The first-order valence-corrected chi connectivity index (χ1v) is 14.1. The average molecular weight is 531 g/mol. The highest BCUT2D eigenvalue weighted by atomic mass is 16.5. The van der Waals surface area contributed by atoms with Gasteiger partial charge in [-0.05, 0) is 61.4 Å². The van der Waals surface area contributed by atoms with E-state index in [-0.39, 0.29) is 11.9 Å². The van der Waals surface area contributed by atoms with Gasteiger partial charge in [-0.3, -0.25) is 9.59 Å². The van der Waals surface area contributed by atoms with Crippen molar-refractivity contribution in [2.24, 2.45) is 5.92 Å². The van der Waals surface area contributed by atoms with Crippen LogP contribution >= 0.6 is 0 Å². The molecule has 7 nitrogen and oxygen atoms in total. The molecular weight excluding hydrogens is 492 g/mol. The molecular formula is C32H38N2O5. The Morgan fingerprint density at radius 3 is 2.54 bits per heavy atom. The first-order chi connectivity index (χ1) is 19.0. The fourth-order valence-electron chi connectivity index (χ4n) is 5.80. The third kappa shape index (κ3) is 6.52. The molecule has 39 heavy (non-hydrogen) atoms. The van der Waals surface area contributed by atoms with E-state index in [0.29, 0.717) is 57.2 Å². The molecule has 1 aromatic heterocycles. The van der Waals surface area contributed by atoms with Crippen LogP contribution in [0.1, 0.15) is 73.1 Å². The van der Waals surface area contributed by atoms with E-state index in [1.54, 1.807) is 0 Å². The molecule has 5 rings (SSSR count). The van der Waals surface area contributed by atoms with Crippen molar-refractivity contribution in [2.45, 2.75) is 77.8 Å². The van der Waals surface area contributed by atoms with E-state index in [2.05, 4.69) is 0 Å². The van der Waals surface area contributed by atoms with Crippen molar-refractivity contribution in [1.29, 1.82) is 0 Å². The Balaban J connectivity index is 1.28. The van der Waals surface area contributed by atoms with Gasteiger partial charge < -0.3 is 18.8 Å². The van der Waals surface area contributed by atoms with Gasteiger partial charge in [0, 0.05) is 43.5 Å². The molecule has 0 atom stereocenters. The van der Waals surface area contributed by atoms with Gasteiger partial charge >= 0.3 is 5.97 Å². The van der Waals surface area contributed by atoms with Crippen LogP contribution < -0.4 is 4.74 Å². The molecule has 206 valence electrons. The predicted octanol–water partition coefficient (Wildman–Crippen LogP) is 6.19.